The van der Waals surface area contributed by atoms with Crippen molar-refractivity contribution in [2.45, 2.75) is 353 Å². The summed E-state index contributed by atoms with van der Waals surface area (Å²) in [6.45, 7) is 27.7. The molecule has 14 aromatic rings. The molecule has 4 aromatic heterocycles. The van der Waals surface area contributed by atoms with E-state index in [9.17, 15) is 0 Å². The van der Waals surface area contributed by atoms with Crippen molar-refractivity contribution in [3.05, 3.63) is 164 Å². The Morgan fingerprint density at radius 2 is 0.404 bits per heavy atom. The van der Waals surface area contributed by atoms with Gasteiger partial charge in [0.1, 0.15) is 0 Å². The Bertz CT molecular complexity index is 5110. The average Bonchev–Trinajstić information content (AvgIpc) is 0.731. The maximum Gasteiger partial charge on any atom is 0.0979 e. The van der Waals surface area contributed by atoms with Crippen LogP contribution in [0.25, 0.3) is 131 Å². The fraction of sp³-hybridized carbons (Fsp3) is 0.509. The zero-order chi connectivity index (χ0) is 79.5. The van der Waals surface area contributed by atoms with E-state index in [0.29, 0.717) is 0 Å². The van der Waals surface area contributed by atoms with Crippen LogP contribution in [0.1, 0.15) is 341 Å². The van der Waals surface area contributed by atoms with Crippen molar-refractivity contribution >= 4 is 131 Å². The molecule has 14 rings (SSSR count). The van der Waals surface area contributed by atoms with Crippen LogP contribution in [0, 0.1) is 13.8 Å². The number of aryl methyl sites for hydroxylation is 12. The topological polar surface area (TPSA) is 103 Å². The number of hydrogen-bond donors (Lipinski definition) is 0. The molecule has 0 fully saturated rings. The largest absolute Gasteiger partial charge is 0.244 e. The molecule has 8 nitrogen and oxygen atoms in total. The molecule has 0 unspecified atom stereocenters. The molecule has 0 amide bonds. The van der Waals surface area contributed by atoms with Crippen LogP contribution in [0.4, 0.5) is 0 Å². The van der Waals surface area contributed by atoms with Gasteiger partial charge in [0.25, 0.3) is 0 Å². The summed E-state index contributed by atoms with van der Waals surface area (Å²) in [6, 6.07) is 37.2. The van der Waals surface area contributed by atoms with Crippen LogP contribution in [-0.4, -0.2) is 39.9 Å². The van der Waals surface area contributed by atoms with E-state index in [1.54, 1.807) is 0 Å². The Morgan fingerprint density at radius 3 is 0.658 bits per heavy atom. The van der Waals surface area contributed by atoms with Gasteiger partial charge in [0.05, 0.1) is 88.3 Å². The first kappa shape index (κ1) is 83.6. The van der Waals surface area contributed by atoms with Crippen molar-refractivity contribution in [2.75, 3.05) is 0 Å². The van der Waals surface area contributed by atoms with Gasteiger partial charge in [-0.2, -0.15) is 0 Å². The number of hydrogen-bond acceptors (Lipinski definition) is 8. The van der Waals surface area contributed by atoms with Gasteiger partial charge in [-0.1, -0.05) is 295 Å². The molecule has 114 heavy (non-hydrogen) atoms. The van der Waals surface area contributed by atoms with Crippen molar-refractivity contribution in [1.82, 2.24) is 39.9 Å². The molecule has 0 aliphatic rings. The highest BCUT2D eigenvalue weighted by Crippen LogP contribution is 2.42. The summed E-state index contributed by atoms with van der Waals surface area (Å²) < 4.78 is 0. The summed E-state index contributed by atoms with van der Waals surface area (Å²) in [4.78, 5) is 45.3. The minimum absolute atomic E-state index is 0.853. The standard InChI is InChI=1S/C56H86N4.C50H50N4/c1-9-15-21-27-33-43-39-41(7)45(35-29-23-17-11-3)51-49(43)57-53-47(37-31-25-19-13-5)56-54(48(55(53)59-51)38-32-26-20-14-6)58-50-44(34-28-22-16-10-2)40-42(8)46(52(50)60-56)36-30-24-18-12-4;1-5-9-13-31-17-21-35-39(25-31)40-26-32(14-10-6-2)18-22-36(40)48-47(35)51-43-29-45-46(30-44(43)52-48)54-50-38-24-20-34(16-12-8-4)28-42(38)41-27-33(15-11-7-3)19-23-37(41)49(50)53-45/h39-40H,9-38H2,1-8H3;17-30H,5-16H2,1-4H3. The zero-order valence-corrected chi connectivity index (χ0v) is 72.5. The molecule has 0 bridgehead atoms. The lowest BCUT2D eigenvalue weighted by molar-refractivity contribution is 0.663. The van der Waals surface area contributed by atoms with Gasteiger partial charge in [-0.05, 0) is 232 Å². The normalized spacial score (nSPS) is 12.1. The first-order valence-electron chi connectivity index (χ1n) is 46.4. The first-order valence-corrected chi connectivity index (χ1v) is 46.4. The molecule has 0 atom stereocenters. The molecule has 0 aliphatic heterocycles. The van der Waals surface area contributed by atoms with Crippen LogP contribution in [-0.2, 0) is 64.2 Å². The lowest BCUT2D eigenvalue weighted by atomic mass is 9.92. The van der Waals surface area contributed by atoms with E-state index < -0.39 is 0 Å². The third-order valence-electron chi connectivity index (χ3n) is 25.2. The lowest BCUT2D eigenvalue weighted by Gasteiger charge is -2.20. The van der Waals surface area contributed by atoms with E-state index in [0.717, 1.165) is 154 Å². The van der Waals surface area contributed by atoms with E-state index in [-0.39, 0.29) is 0 Å². The summed E-state index contributed by atoms with van der Waals surface area (Å²) in [7, 11) is 0. The van der Waals surface area contributed by atoms with Gasteiger partial charge in [0.2, 0.25) is 0 Å². The zero-order valence-electron chi connectivity index (χ0n) is 72.5. The summed E-state index contributed by atoms with van der Waals surface area (Å²) in [5.41, 5.74) is 33.0. The summed E-state index contributed by atoms with van der Waals surface area (Å²) in [5.74, 6) is 0. The maximum atomic E-state index is 5.93. The van der Waals surface area contributed by atoms with Crippen LogP contribution in [0.2, 0.25) is 0 Å². The van der Waals surface area contributed by atoms with E-state index >= 15 is 0 Å². The third kappa shape index (κ3) is 19.0. The van der Waals surface area contributed by atoms with Crippen molar-refractivity contribution < 1.29 is 0 Å². The predicted molar refractivity (Wildman–Crippen MR) is 496 cm³/mol. The van der Waals surface area contributed by atoms with Crippen LogP contribution in [0.3, 0.4) is 0 Å². The molecule has 0 spiro atoms. The highest BCUT2D eigenvalue weighted by Gasteiger charge is 2.26. The molecular weight excluding hydrogens is 1390 g/mol. The highest BCUT2D eigenvalue weighted by atomic mass is 14.9. The Morgan fingerprint density at radius 1 is 0.175 bits per heavy atom. The van der Waals surface area contributed by atoms with Crippen molar-refractivity contribution in [1.29, 1.82) is 0 Å². The van der Waals surface area contributed by atoms with Crippen molar-refractivity contribution in [2.24, 2.45) is 0 Å². The van der Waals surface area contributed by atoms with Gasteiger partial charge in [-0.15, -0.1) is 0 Å². The molecule has 10 aromatic carbocycles. The van der Waals surface area contributed by atoms with E-state index in [1.807, 2.05) is 0 Å². The molecule has 4 heterocycles. The minimum Gasteiger partial charge on any atom is -0.244 e. The summed E-state index contributed by atoms with van der Waals surface area (Å²) in [6.07, 6.45) is 50.0. The fourth-order valence-electron chi connectivity index (χ4n) is 18.5. The van der Waals surface area contributed by atoms with Crippen LogP contribution in [0.15, 0.2) is 97.1 Å². The lowest BCUT2D eigenvalue weighted by Crippen LogP contribution is -2.08. The second kappa shape index (κ2) is 41.0. The fourth-order valence-corrected chi connectivity index (χ4v) is 18.5. The Hall–Kier alpha value is -8.36. The monoisotopic (exact) mass is 1520 g/mol. The van der Waals surface area contributed by atoms with Crippen LogP contribution in [0.5, 0.6) is 0 Å². The third-order valence-corrected chi connectivity index (χ3v) is 25.2. The number of unbranched alkanes of at least 4 members (excludes halogenated alkanes) is 22. The SMILES string of the molecule is CCCCCCc1cc(C)c(CCCCCC)c2nc3c(CCCCCC)c4nc5c(CCCCCC)cc(C)c(CCCCCC)c5nc4c(CCCCCC)c3nc12.CCCCc1ccc2c(c1)c1cc(CCCC)ccc1c1nc3cc4nc5c6ccc(CCCC)cc6c6cc(CCCC)ccc6c5nc4cc3nc21. The summed E-state index contributed by atoms with van der Waals surface area (Å²) >= 11 is 0. The van der Waals surface area contributed by atoms with Crippen molar-refractivity contribution in [3.8, 4) is 0 Å². The van der Waals surface area contributed by atoms with Gasteiger partial charge in [0, 0.05) is 32.7 Å². The number of fused-ring (bicyclic) bond motifs is 18. The molecule has 600 valence electrons. The molecule has 0 saturated carbocycles. The molecule has 8 heteroatoms. The predicted octanol–water partition coefficient (Wildman–Crippen LogP) is 31.1. The van der Waals surface area contributed by atoms with Gasteiger partial charge < -0.3 is 0 Å². The molecule has 0 saturated heterocycles. The first-order chi connectivity index (χ1) is 56.0. The number of rotatable bonds is 42. The second-order valence-electron chi connectivity index (χ2n) is 34.3. The Kier molecular flexibility index (Phi) is 30.0. The number of aromatic nitrogens is 8. The number of benzene rings is 10. The molecule has 0 aliphatic carbocycles. The minimum atomic E-state index is 0.853. The van der Waals surface area contributed by atoms with Gasteiger partial charge in [-0.3, -0.25) is 0 Å². The summed E-state index contributed by atoms with van der Waals surface area (Å²) in [5, 5.41) is 9.77. The highest BCUT2D eigenvalue weighted by molar-refractivity contribution is 6.26. The van der Waals surface area contributed by atoms with Crippen molar-refractivity contribution in [3.63, 3.8) is 0 Å². The van der Waals surface area contributed by atoms with Gasteiger partial charge in [0.15, 0.2) is 0 Å². The van der Waals surface area contributed by atoms with Gasteiger partial charge in [-0.25, -0.2) is 39.9 Å². The number of nitrogens with zero attached hydrogens (tertiary/aromatic N) is 8. The van der Waals surface area contributed by atoms with E-state index in [1.165, 1.54) is 314 Å². The maximum absolute atomic E-state index is 5.93. The Labute approximate surface area is 683 Å². The van der Waals surface area contributed by atoms with Crippen LogP contribution < -0.4 is 0 Å². The molecule has 0 radical (unpaired) electrons. The second-order valence-corrected chi connectivity index (χ2v) is 34.3. The smallest absolute Gasteiger partial charge is 0.0979 e. The van der Waals surface area contributed by atoms with E-state index in [4.69, 9.17) is 39.9 Å². The average molecular weight is 1520 g/mol. The molecule has 0 N–H and O–H groups in total. The quantitative estimate of drug-likeness (QED) is 0.0212. The van der Waals surface area contributed by atoms with Gasteiger partial charge >= 0.3 is 0 Å². The van der Waals surface area contributed by atoms with Crippen LogP contribution >= 0.6 is 0 Å². The Balaban J connectivity index is 0.000000200. The molecular formula is C106H136N8. The van der Waals surface area contributed by atoms with E-state index in [2.05, 4.69) is 180 Å².